The fourth-order valence-electron chi connectivity index (χ4n) is 2.35. The van der Waals surface area contributed by atoms with Gasteiger partial charge in [-0.25, -0.2) is 0 Å². The van der Waals surface area contributed by atoms with Crippen LogP contribution in [0.4, 0.5) is 0 Å². The molecule has 1 rings (SSSR count). The summed E-state index contributed by atoms with van der Waals surface area (Å²) in [6, 6.07) is 0.109. The van der Waals surface area contributed by atoms with Crippen LogP contribution in [0.5, 0.6) is 0 Å². The van der Waals surface area contributed by atoms with E-state index < -0.39 is 0 Å². The Kier molecular flexibility index (Phi) is 6.65. The third-order valence-corrected chi connectivity index (χ3v) is 3.37. The molecular weight excluding hydrogens is 226 g/mol. The molecule has 0 aromatic carbocycles. The Bertz CT molecular complexity index is 249. The van der Waals surface area contributed by atoms with Crippen molar-refractivity contribution in [2.75, 3.05) is 26.2 Å². The Morgan fingerprint density at radius 2 is 1.78 bits per heavy atom. The van der Waals surface area contributed by atoms with Gasteiger partial charge in [0.2, 0.25) is 5.91 Å². The molecule has 2 atom stereocenters. The average Bonchev–Trinajstić information content (AvgIpc) is 2.77. The van der Waals surface area contributed by atoms with Gasteiger partial charge >= 0.3 is 0 Å². The van der Waals surface area contributed by atoms with Gasteiger partial charge in [-0.1, -0.05) is 6.92 Å². The summed E-state index contributed by atoms with van der Waals surface area (Å²) >= 11 is 0. The van der Waals surface area contributed by atoms with Crippen LogP contribution in [0, 0.1) is 5.92 Å². The second kappa shape index (κ2) is 7.74. The Balaban J connectivity index is 2.16. The van der Waals surface area contributed by atoms with E-state index in [1.165, 1.54) is 25.9 Å². The van der Waals surface area contributed by atoms with Crippen LogP contribution in [0.2, 0.25) is 0 Å². The topological polar surface area (TPSA) is 44.4 Å². The lowest BCUT2D eigenvalue weighted by molar-refractivity contribution is -0.123. The summed E-state index contributed by atoms with van der Waals surface area (Å²) < 4.78 is 0. The lowest BCUT2D eigenvalue weighted by Gasteiger charge is -2.22. The number of carbonyl (C=O) groups is 1. The van der Waals surface area contributed by atoms with Crippen LogP contribution in [0.15, 0.2) is 0 Å². The maximum atomic E-state index is 11.7. The average molecular weight is 255 g/mol. The zero-order chi connectivity index (χ0) is 13.5. The molecule has 0 aliphatic carbocycles. The number of hydrogen-bond donors (Lipinski definition) is 2. The van der Waals surface area contributed by atoms with Crippen molar-refractivity contribution in [1.29, 1.82) is 0 Å². The van der Waals surface area contributed by atoms with E-state index in [0.717, 1.165) is 13.1 Å². The molecule has 1 aliphatic heterocycles. The van der Waals surface area contributed by atoms with E-state index in [0.29, 0.717) is 5.92 Å². The molecule has 0 aromatic heterocycles. The molecule has 2 unspecified atom stereocenters. The van der Waals surface area contributed by atoms with Crippen LogP contribution < -0.4 is 10.6 Å². The Hall–Kier alpha value is -0.610. The van der Waals surface area contributed by atoms with Crippen LogP contribution in [0.1, 0.15) is 40.5 Å². The van der Waals surface area contributed by atoms with Gasteiger partial charge in [0, 0.05) is 12.6 Å². The summed E-state index contributed by atoms with van der Waals surface area (Å²) in [4.78, 5) is 14.2. The van der Waals surface area contributed by atoms with E-state index in [9.17, 15) is 4.79 Å². The van der Waals surface area contributed by atoms with E-state index in [-0.39, 0.29) is 18.0 Å². The van der Waals surface area contributed by atoms with Crippen molar-refractivity contribution >= 4 is 5.91 Å². The molecule has 0 radical (unpaired) electrons. The van der Waals surface area contributed by atoms with E-state index in [1.54, 1.807) is 0 Å². The monoisotopic (exact) mass is 255 g/mol. The molecule has 1 heterocycles. The number of nitrogens with zero attached hydrogens (tertiary/aromatic N) is 1. The first-order valence-electron chi connectivity index (χ1n) is 7.25. The Labute approximate surface area is 111 Å². The number of amides is 1. The predicted octanol–water partition coefficient (Wildman–Crippen LogP) is 1.22. The number of hydrogen-bond acceptors (Lipinski definition) is 3. The molecule has 4 nitrogen and oxygen atoms in total. The zero-order valence-electron chi connectivity index (χ0n) is 12.3. The minimum Gasteiger partial charge on any atom is -0.353 e. The molecule has 1 saturated heterocycles. The molecule has 1 aliphatic rings. The normalized spacial score (nSPS) is 20.1. The molecule has 0 saturated carbocycles. The lowest BCUT2D eigenvalue weighted by atomic mass is 10.1. The summed E-state index contributed by atoms with van der Waals surface area (Å²) in [7, 11) is 0. The van der Waals surface area contributed by atoms with E-state index in [1.807, 2.05) is 20.8 Å². The zero-order valence-corrected chi connectivity index (χ0v) is 12.3. The third-order valence-electron chi connectivity index (χ3n) is 3.37. The summed E-state index contributed by atoms with van der Waals surface area (Å²) in [6.07, 6.45) is 2.68. The molecule has 1 amide bonds. The fourth-order valence-corrected chi connectivity index (χ4v) is 2.35. The minimum absolute atomic E-state index is 0.0957. The highest BCUT2D eigenvalue weighted by molar-refractivity contribution is 5.81. The fraction of sp³-hybridized carbons (Fsp3) is 0.929. The van der Waals surface area contributed by atoms with Crippen molar-refractivity contribution in [3.63, 3.8) is 0 Å². The highest BCUT2D eigenvalue weighted by Crippen LogP contribution is 2.09. The van der Waals surface area contributed by atoms with Crippen molar-refractivity contribution in [1.82, 2.24) is 15.5 Å². The molecular formula is C14H29N3O. The van der Waals surface area contributed by atoms with Gasteiger partial charge in [-0.15, -0.1) is 0 Å². The second-order valence-corrected chi connectivity index (χ2v) is 5.91. The van der Waals surface area contributed by atoms with Crippen molar-refractivity contribution in [3.8, 4) is 0 Å². The van der Waals surface area contributed by atoms with Gasteiger partial charge in [0.05, 0.1) is 6.04 Å². The molecule has 0 aromatic rings. The van der Waals surface area contributed by atoms with Gasteiger partial charge in [0.15, 0.2) is 0 Å². The van der Waals surface area contributed by atoms with Crippen LogP contribution >= 0.6 is 0 Å². The Morgan fingerprint density at radius 1 is 1.17 bits per heavy atom. The number of likely N-dealkylation sites (tertiary alicyclic amines) is 1. The van der Waals surface area contributed by atoms with Gasteiger partial charge in [0.25, 0.3) is 0 Å². The maximum Gasteiger partial charge on any atom is 0.237 e. The summed E-state index contributed by atoms with van der Waals surface area (Å²) in [6.45, 7) is 12.7. The van der Waals surface area contributed by atoms with E-state index in [2.05, 4.69) is 22.5 Å². The summed E-state index contributed by atoms with van der Waals surface area (Å²) in [5.41, 5.74) is 0. The SMILES string of the molecule is CC(CNC(C)C(=O)NC(C)C)CN1CCCC1. The number of rotatable bonds is 7. The van der Waals surface area contributed by atoms with Crippen molar-refractivity contribution in [2.24, 2.45) is 5.92 Å². The van der Waals surface area contributed by atoms with Crippen molar-refractivity contribution in [3.05, 3.63) is 0 Å². The molecule has 0 bridgehead atoms. The summed E-state index contributed by atoms with van der Waals surface area (Å²) in [5.74, 6) is 0.691. The van der Waals surface area contributed by atoms with Gasteiger partial charge in [-0.05, 0) is 59.2 Å². The molecule has 0 spiro atoms. The minimum atomic E-state index is -0.103. The smallest absolute Gasteiger partial charge is 0.237 e. The Morgan fingerprint density at radius 3 is 2.33 bits per heavy atom. The van der Waals surface area contributed by atoms with E-state index in [4.69, 9.17) is 0 Å². The van der Waals surface area contributed by atoms with E-state index >= 15 is 0 Å². The molecule has 106 valence electrons. The quantitative estimate of drug-likeness (QED) is 0.719. The van der Waals surface area contributed by atoms with Crippen LogP contribution in [-0.2, 0) is 4.79 Å². The first-order valence-corrected chi connectivity index (χ1v) is 7.25. The third kappa shape index (κ3) is 5.83. The van der Waals surface area contributed by atoms with Gasteiger partial charge in [-0.3, -0.25) is 4.79 Å². The first kappa shape index (κ1) is 15.4. The highest BCUT2D eigenvalue weighted by atomic mass is 16.2. The molecule has 4 heteroatoms. The van der Waals surface area contributed by atoms with Gasteiger partial charge < -0.3 is 15.5 Å². The maximum absolute atomic E-state index is 11.7. The number of nitrogens with one attached hydrogen (secondary N) is 2. The first-order chi connectivity index (χ1) is 8.49. The van der Waals surface area contributed by atoms with Crippen LogP contribution in [0.3, 0.4) is 0 Å². The van der Waals surface area contributed by atoms with Crippen molar-refractivity contribution < 1.29 is 4.79 Å². The summed E-state index contributed by atoms with van der Waals surface area (Å²) in [5, 5.41) is 6.25. The lowest BCUT2D eigenvalue weighted by Crippen LogP contribution is -2.46. The standard InChI is InChI=1S/C14H29N3O/c1-11(2)16-14(18)13(4)15-9-12(3)10-17-7-5-6-8-17/h11-13,15H,5-10H2,1-4H3,(H,16,18). The van der Waals surface area contributed by atoms with Crippen molar-refractivity contribution in [2.45, 2.75) is 52.6 Å². The van der Waals surface area contributed by atoms with Crippen LogP contribution in [0.25, 0.3) is 0 Å². The van der Waals surface area contributed by atoms with Crippen LogP contribution in [-0.4, -0.2) is 49.1 Å². The number of carbonyl (C=O) groups excluding carboxylic acids is 1. The largest absolute Gasteiger partial charge is 0.353 e. The second-order valence-electron chi connectivity index (χ2n) is 5.91. The predicted molar refractivity (Wildman–Crippen MR) is 75.6 cm³/mol. The highest BCUT2D eigenvalue weighted by Gasteiger charge is 2.17. The molecule has 1 fully saturated rings. The molecule has 18 heavy (non-hydrogen) atoms. The van der Waals surface area contributed by atoms with Gasteiger partial charge in [0.1, 0.15) is 0 Å². The van der Waals surface area contributed by atoms with Gasteiger partial charge in [-0.2, -0.15) is 0 Å². The molecule has 2 N–H and O–H groups in total.